The van der Waals surface area contributed by atoms with E-state index in [1.165, 1.54) is 18.2 Å². The molecule has 4 aliphatic heterocycles. The number of benzene rings is 2. The van der Waals surface area contributed by atoms with E-state index in [0.29, 0.717) is 45.0 Å². The Hall–Kier alpha value is -4.32. The van der Waals surface area contributed by atoms with Crippen LogP contribution in [0, 0.1) is 28.9 Å². The number of hydrogen-bond donors (Lipinski definition) is 1. The summed E-state index contributed by atoms with van der Waals surface area (Å²) in [6.45, 7) is 6.86. The molecule has 0 aliphatic carbocycles. The van der Waals surface area contributed by atoms with E-state index in [0.717, 1.165) is 30.7 Å². The number of nitrogen functional groups attached to an aromatic ring is 1. The highest BCUT2D eigenvalue weighted by Gasteiger charge is 2.49. The molecule has 3 saturated heterocycles. The minimum absolute atomic E-state index is 0.0167. The van der Waals surface area contributed by atoms with Crippen molar-refractivity contribution in [3.05, 3.63) is 47.0 Å². The molecule has 6 heterocycles. The van der Waals surface area contributed by atoms with Crippen molar-refractivity contribution in [3.8, 4) is 29.0 Å². The van der Waals surface area contributed by atoms with Gasteiger partial charge in [0, 0.05) is 49.5 Å². The predicted octanol–water partition coefficient (Wildman–Crippen LogP) is 5.70. The van der Waals surface area contributed by atoms with Gasteiger partial charge in [0.1, 0.15) is 47.6 Å². The van der Waals surface area contributed by atoms with Gasteiger partial charge in [0.25, 0.3) is 0 Å². The van der Waals surface area contributed by atoms with E-state index in [2.05, 4.69) is 16.5 Å². The number of ether oxygens (including phenoxy) is 2. The van der Waals surface area contributed by atoms with Gasteiger partial charge < -0.3 is 25.0 Å². The number of carbonyl (C=O) groups is 1. The molecule has 0 radical (unpaired) electrons. The number of hydrogen-bond acceptors (Lipinski definition) is 10. The number of carbonyl (C=O) groups excluding carboxylic acids is 1. The monoisotopic (exact) mass is 709 g/mol. The Morgan fingerprint density at radius 1 is 1.27 bits per heavy atom. The normalized spacial score (nSPS) is 22.1. The fourth-order valence-electron chi connectivity index (χ4n) is 7.90. The molecule has 1 amide bonds. The van der Waals surface area contributed by atoms with Crippen LogP contribution in [0.5, 0.6) is 11.8 Å². The van der Waals surface area contributed by atoms with Crippen molar-refractivity contribution in [2.45, 2.75) is 31.0 Å². The van der Waals surface area contributed by atoms with Gasteiger partial charge in [0.2, 0.25) is 5.91 Å². The Morgan fingerprint density at radius 2 is 2.08 bits per heavy atom. The number of anilines is 2. The van der Waals surface area contributed by atoms with Gasteiger partial charge >= 0.3 is 6.01 Å². The standard InChI is InChI=1S/C34H31ClF3N7O3S/c1-2-22(46)44-13-17(14-44)12-43-8-9-47-29-25-28(41-33(42-32(25)43)48-16-34-6-3-7-45(34)15-18(36)10-34)27(38)24(26(29)35)19-4-5-21(37)30-23(19)20(11-39)31(40)49-30/h2,4-5,17-18H,1,3,6-10,12-16,40H2/t18-,34+/m1/s1. The first-order chi connectivity index (χ1) is 23.6. The lowest BCUT2D eigenvalue weighted by atomic mass is 9.95. The largest absolute Gasteiger partial charge is 0.489 e. The van der Waals surface area contributed by atoms with Crippen molar-refractivity contribution < 1.29 is 27.4 Å². The van der Waals surface area contributed by atoms with E-state index in [9.17, 15) is 18.8 Å². The minimum atomic E-state index is -0.963. The number of halogens is 4. The number of nitriles is 1. The molecule has 10 nitrogen and oxygen atoms in total. The zero-order valence-corrected chi connectivity index (χ0v) is 27.8. The molecule has 2 atom stereocenters. The average Bonchev–Trinajstić information content (AvgIpc) is 3.67. The third-order valence-corrected chi connectivity index (χ3v) is 11.6. The van der Waals surface area contributed by atoms with Crippen LogP contribution in [-0.2, 0) is 4.79 Å². The van der Waals surface area contributed by atoms with Crippen molar-refractivity contribution in [3.63, 3.8) is 0 Å². The summed E-state index contributed by atoms with van der Waals surface area (Å²) in [6, 6.07) is 4.48. The molecule has 49 heavy (non-hydrogen) atoms. The molecule has 8 rings (SSSR count). The number of rotatable bonds is 7. The first kappa shape index (κ1) is 31.9. The molecule has 2 aromatic carbocycles. The molecule has 0 bridgehead atoms. The van der Waals surface area contributed by atoms with E-state index < -0.39 is 23.3 Å². The van der Waals surface area contributed by atoms with Gasteiger partial charge in [-0.1, -0.05) is 24.2 Å². The summed E-state index contributed by atoms with van der Waals surface area (Å²) in [5, 5.41) is 10.3. The molecule has 4 aliphatic rings. The zero-order chi connectivity index (χ0) is 34.2. The molecule has 4 aromatic rings. The van der Waals surface area contributed by atoms with Crippen LogP contribution in [0.25, 0.3) is 32.1 Å². The van der Waals surface area contributed by atoms with E-state index in [1.54, 1.807) is 4.90 Å². The highest BCUT2D eigenvalue weighted by molar-refractivity contribution is 7.23. The van der Waals surface area contributed by atoms with Gasteiger partial charge in [-0.2, -0.15) is 15.2 Å². The quantitative estimate of drug-likeness (QED) is 0.241. The van der Waals surface area contributed by atoms with Crippen LogP contribution in [0.2, 0.25) is 5.02 Å². The maximum Gasteiger partial charge on any atom is 0.319 e. The summed E-state index contributed by atoms with van der Waals surface area (Å²) in [5.41, 5.74) is 5.52. The number of thiophene rings is 1. The number of nitrogens with zero attached hydrogens (tertiary/aromatic N) is 6. The minimum Gasteiger partial charge on any atom is -0.489 e. The third-order valence-electron chi connectivity index (χ3n) is 10.2. The number of amides is 1. The van der Waals surface area contributed by atoms with Crippen LogP contribution in [0.15, 0.2) is 24.8 Å². The maximum absolute atomic E-state index is 17.2. The van der Waals surface area contributed by atoms with Crippen LogP contribution in [0.3, 0.4) is 0 Å². The third kappa shape index (κ3) is 5.04. The number of alkyl halides is 1. The van der Waals surface area contributed by atoms with Crippen molar-refractivity contribution >= 4 is 60.7 Å². The Kier molecular flexibility index (Phi) is 7.77. The fraction of sp³-hybridized carbons (Fsp3) is 0.412. The number of fused-ring (bicyclic) bond motifs is 2. The van der Waals surface area contributed by atoms with Crippen LogP contribution >= 0.6 is 22.9 Å². The van der Waals surface area contributed by atoms with E-state index in [4.69, 9.17) is 31.8 Å². The summed E-state index contributed by atoms with van der Waals surface area (Å²) >= 11 is 7.90. The van der Waals surface area contributed by atoms with Crippen molar-refractivity contribution in [1.82, 2.24) is 19.8 Å². The number of likely N-dealkylation sites (tertiary alicyclic amines) is 1. The smallest absolute Gasteiger partial charge is 0.319 e. The second kappa shape index (κ2) is 11.9. The van der Waals surface area contributed by atoms with Gasteiger partial charge in [0.05, 0.1) is 32.8 Å². The Bertz CT molecular complexity index is 2100. The van der Waals surface area contributed by atoms with Crippen LogP contribution < -0.4 is 20.1 Å². The molecule has 0 unspecified atom stereocenters. The van der Waals surface area contributed by atoms with Gasteiger partial charge in [0.15, 0.2) is 11.6 Å². The van der Waals surface area contributed by atoms with Gasteiger partial charge in [-0.3, -0.25) is 9.69 Å². The average molecular weight is 710 g/mol. The predicted molar refractivity (Wildman–Crippen MR) is 181 cm³/mol. The second-order valence-electron chi connectivity index (χ2n) is 13.1. The van der Waals surface area contributed by atoms with Crippen LogP contribution in [0.1, 0.15) is 24.8 Å². The summed E-state index contributed by atoms with van der Waals surface area (Å²) in [7, 11) is 0. The van der Waals surface area contributed by atoms with Crippen molar-refractivity contribution in [2.75, 3.05) is 63.1 Å². The molecule has 2 aromatic heterocycles. The number of nitrogens with two attached hydrogens (primary N) is 1. The van der Waals surface area contributed by atoms with Gasteiger partial charge in [-0.25, -0.2) is 13.2 Å². The Morgan fingerprint density at radius 3 is 2.86 bits per heavy atom. The Labute approximate surface area is 288 Å². The SMILES string of the molecule is C=CC(=O)N1CC(CN2CCOc3c(Cl)c(-c4ccc(F)c5sc(N)c(C#N)c45)c(F)c4nc(OC[C@@]56CCCN5C[C@H](F)C6)nc2c34)C1. The topological polar surface area (TPSA) is 121 Å². The molecule has 3 fully saturated rings. The van der Waals surface area contributed by atoms with Gasteiger partial charge in [-0.05, 0) is 37.1 Å². The molecule has 15 heteroatoms. The first-order valence-electron chi connectivity index (χ1n) is 16.1. The molecular formula is C34H31ClF3N7O3S. The van der Waals surface area contributed by atoms with Crippen LogP contribution in [0.4, 0.5) is 24.0 Å². The van der Waals surface area contributed by atoms with Crippen molar-refractivity contribution in [1.29, 1.82) is 5.26 Å². The van der Waals surface area contributed by atoms with E-state index in [-0.39, 0.29) is 84.5 Å². The second-order valence-corrected chi connectivity index (χ2v) is 14.5. The first-order valence-corrected chi connectivity index (χ1v) is 17.3. The number of aromatic nitrogens is 2. The molecule has 0 saturated carbocycles. The fourth-order valence-corrected chi connectivity index (χ4v) is 9.19. The Balaban J connectivity index is 1.28. The lowest BCUT2D eigenvalue weighted by molar-refractivity contribution is -0.131. The van der Waals surface area contributed by atoms with Crippen LogP contribution in [-0.4, -0.2) is 89.9 Å². The van der Waals surface area contributed by atoms with E-state index in [1.807, 2.05) is 11.0 Å². The summed E-state index contributed by atoms with van der Waals surface area (Å²) in [4.78, 5) is 27.2. The van der Waals surface area contributed by atoms with Crippen molar-refractivity contribution in [2.24, 2.45) is 5.92 Å². The van der Waals surface area contributed by atoms with E-state index >= 15 is 4.39 Å². The lowest BCUT2D eigenvalue weighted by Gasteiger charge is -2.41. The molecule has 2 N–H and O–H groups in total. The molecule has 254 valence electrons. The summed E-state index contributed by atoms with van der Waals surface area (Å²) in [5.74, 6) is -0.985. The van der Waals surface area contributed by atoms with Gasteiger partial charge in [-0.15, -0.1) is 11.3 Å². The zero-order valence-electron chi connectivity index (χ0n) is 26.3. The molecule has 0 spiro atoms. The maximum atomic E-state index is 17.2. The lowest BCUT2D eigenvalue weighted by Crippen LogP contribution is -2.53. The molecular weight excluding hydrogens is 679 g/mol. The highest BCUT2D eigenvalue weighted by atomic mass is 35.5. The summed E-state index contributed by atoms with van der Waals surface area (Å²) in [6.07, 6.45) is 2.33. The highest BCUT2D eigenvalue weighted by Crippen LogP contribution is 2.51. The summed E-state index contributed by atoms with van der Waals surface area (Å²) < 4.78 is 59.2.